The van der Waals surface area contributed by atoms with Crippen molar-refractivity contribution in [3.63, 3.8) is 0 Å². The zero-order valence-corrected chi connectivity index (χ0v) is 9.79. The SMILES string of the molecule is CCOC(=O)/C(C#N)=C/c1c(F)cccc1Cl. The minimum absolute atomic E-state index is 0.00114. The van der Waals surface area contributed by atoms with Crippen LogP contribution in [0.2, 0.25) is 5.02 Å². The number of esters is 1. The molecule has 17 heavy (non-hydrogen) atoms. The second-order valence-corrected chi connectivity index (χ2v) is 3.43. The summed E-state index contributed by atoms with van der Waals surface area (Å²) in [6.45, 7) is 1.76. The second-order valence-electron chi connectivity index (χ2n) is 3.03. The molecule has 1 aromatic rings. The molecule has 0 aromatic heterocycles. The summed E-state index contributed by atoms with van der Waals surface area (Å²) in [7, 11) is 0. The molecule has 3 nitrogen and oxygen atoms in total. The van der Waals surface area contributed by atoms with Crippen LogP contribution < -0.4 is 0 Å². The van der Waals surface area contributed by atoms with Gasteiger partial charge >= 0.3 is 5.97 Å². The Labute approximate surface area is 103 Å². The fourth-order valence-electron chi connectivity index (χ4n) is 1.14. The van der Waals surface area contributed by atoms with Crippen LogP contribution in [0.5, 0.6) is 0 Å². The van der Waals surface area contributed by atoms with Gasteiger partial charge in [-0.25, -0.2) is 9.18 Å². The van der Waals surface area contributed by atoms with Crippen molar-refractivity contribution in [2.75, 3.05) is 6.61 Å². The van der Waals surface area contributed by atoms with E-state index in [-0.39, 0.29) is 22.8 Å². The van der Waals surface area contributed by atoms with Gasteiger partial charge in [0.15, 0.2) is 0 Å². The van der Waals surface area contributed by atoms with Gasteiger partial charge in [0.2, 0.25) is 0 Å². The fraction of sp³-hybridized carbons (Fsp3) is 0.167. The smallest absolute Gasteiger partial charge is 0.348 e. The molecule has 88 valence electrons. The molecule has 0 spiro atoms. The Morgan fingerprint density at radius 3 is 2.88 bits per heavy atom. The molecule has 0 aliphatic heterocycles. The molecular weight excluding hydrogens is 245 g/mol. The van der Waals surface area contributed by atoms with E-state index in [9.17, 15) is 9.18 Å². The zero-order chi connectivity index (χ0) is 12.8. The van der Waals surface area contributed by atoms with Gasteiger partial charge in [0.1, 0.15) is 17.5 Å². The summed E-state index contributed by atoms with van der Waals surface area (Å²) in [4.78, 5) is 11.3. The summed E-state index contributed by atoms with van der Waals surface area (Å²) in [6, 6.07) is 5.75. The third-order valence-electron chi connectivity index (χ3n) is 1.90. The standard InChI is InChI=1S/C12H9ClFNO2/c1-2-17-12(16)8(7-15)6-9-10(13)4-3-5-11(9)14/h3-6H,2H2,1H3/b8-6+. The number of nitriles is 1. The first kappa shape index (κ1) is 13.2. The topological polar surface area (TPSA) is 50.1 Å². The second kappa shape index (κ2) is 6.02. The molecule has 0 N–H and O–H groups in total. The summed E-state index contributed by atoms with van der Waals surface area (Å²) in [5, 5.41) is 8.91. The van der Waals surface area contributed by atoms with Crippen LogP contribution in [0.15, 0.2) is 23.8 Å². The monoisotopic (exact) mass is 253 g/mol. The number of carbonyl (C=O) groups excluding carboxylic acids is 1. The molecule has 0 aliphatic rings. The fourth-order valence-corrected chi connectivity index (χ4v) is 1.36. The Morgan fingerprint density at radius 1 is 1.65 bits per heavy atom. The van der Waals surface area contributed by atoms with Gasteiger partial charge in [-0.05, 0) is 25.1 Å². The van der Waals surface area contributed by atoms with Gasteiger partial charge in [0, 0.05) is 5.56 Å². The number of ether oxygens (including phenoxy) is 1. The summed E-state index contributed by atoms with van der Waals surface area (Å²) < 4.78 is 18.1. The lowest BCUT2D eigenvalue weighted by molar-refractivity contribution is -0.137. The third-order valence-corrected chi connectivity index (χ3v) is 2.23. The molecule has 0 saturated heterocycles. The highest BCUT2D eigenvalue weighted by atomic mass is 35.5. The minimum Gasteiger partial charge on any atom is -0.462 e. The number of halogens is 2. The summed E-state index contributed by atoms with van der Waals surface area (Å²) in [5.74, 6) is -1.40. The van der Waals surface area contributed by atoms with Crippen molar-refractivity contribution in [1.29, 1.82) is 5.26 Å². The van der Waals surface area contributed by atoms with Crippen LogP contribution in [-0.4, -0.2) is 12.6 Å². The molecule has 0 saturated carbocycles. The largest absolute Gasteiger partial charge is 0.462 e. The Balaban J connectivity index is 3.16. The molecule has 5 heteroatoms. The number of hydrogen-bond donors (Lipinski definition) is 0. The quantitative estimate of drug-likeness (QED) is 0.473. The molecule has 1 aromatic carbocycles. The average molecular weight is 254 g/mol. The Hall–Kier alpha value is -1.86. The zero-order valence-electron chi connectivity index (χ0n) is 9.04. The van der Waals surface area contributed by atoms with Crippen molar-refractivity contribution in [3.05, 3.63) is 40.2 Å². The molecule has 0 unspecified atom stereocenters. The number of hydrogen-bond acceptors (Lipinski definition) is 3. The van der Waals surface area contributed by atoms with E-state index < -0.39 is 11.8 Å². The first-order chi connectivity index (χ1) is 8.10. The van der Waals surface area contributed by atoms with E-state index >= 15 is 0 Å². The molecule has 0 aliphatic carbocycles. The van der Waals surface area contributed by atoms with E-state index in [0.29, 0.717) is 0 Å². The Bertz CT molecular complexity index is 485. The third kappa shape index (κ3) is 3.30. The van der Waals surface area contributed by atoms with Crippen LogP contribution in [0, 0.1) is 17.1 Å². The number of benzene rings is 1. The van der Waals surface area contributed by atoms with Crippen LogP contribution >= 0.6 is 11.6 Å². The van der Waals surface area contributed by atoms with Crippen LogP contribution in [0.1, 0.15) is 12.5 Å². The molecule has 0 heterocycles. The number of nitrogens with zero attached hydrogens (tertiary/aromatic N) is 1. The lowest BCUT2D eigenvalue weighted by Gasteiger charge is -2.02. The van der Waals surface area contributed by atoms with E-state index in [2.05, 4.69) is 4.74 Å². The Kier molecular flexibility index (Phi) is 4.68. The summed E-state index contributed by atoms with van der Waals surface area (Å²) in [6.07, 6.45) is 1.08. The van der Waals surface area contributed by atoms with E-state index in [1.54, 1.807) is 13.0 Å². The van der Waals surface area contributed by atoms with Crippen LogP contribution in [-0.2, 0) is 9.53 Å². The predicted molar refractivity (Wildman–Crippen MR) is 61.6 cm³/mol. The Morgan fingerprint density at radius 2 is 2.35 bits per heavy atom. The normalized spacial score (nSPS) is 10.8. The van der Waals surface area contributed by atoms with Crippen molar-refractivity contribution in [2.24, 2.45) is 0 Å². The van der Waals surface area contributed by atoms with Gasteiger partial charge in [-0.15, -0.1) is 0 Å². The van der Waals surface area contributed by atoms with Crippen molar-refractivity contribution >= 4 is 23.6 Å². The van der Waals surface area contributed by atoms with E-state index in [1.807, 2.05) is 0 Å². The average Bonchev–Trinajstić information content (AvgIpc) is 2.29. The van der Waals surface area contributed by atoms with Gasteiger partial charge in [-0.1, -0.05) is 17.7 Å². The first-order valence-electron chi connectivity index (χ1n) is 4.83. The van der Waals surface area contributed by atoms with Crippen LogP contribution in [0.25, 0.3) is 6.08 Å². The lowest BCUT2D eigenvalue weighted by Crippen LogP contribution is -2.06. The minimum atomic E-state index is -0.797. The van der Waals surface area contributed by atoms with E-state index in [0.717, 1.165) is 6.08 Å². The van der Waals surface area contributed by atoms with E-state index in [1.165, 1.54) is 18.2 Å². The van der Waals surface area contributed by atoms with Gasteiger partial charge in [0.25, 0.3) is 0 Å². The number of rotatable bonds is 3. The molecule has 1 rings (SSSR count). The highest BCUT2D eigenvalue weighted by Crippen LogP contribution is 2.22. The van der Waals surface area contributed by atoms with Gasteiger partial charge in [-0.2, -0.15) is 5.26 Å². The molecule has 0 radical (unpaired) electrons. The molecule has 0 amide bonds. The number of carbonyl (C=O) groups is 1. The van der Waals surface area contributed by atoms with Crippen molar-refractivity contribution in [3.8, 4) is 6.07 Å². The van der Waals surface area contributed by atoms with Crippen molar-refractivity contribution in [1.82, 2.24) is 0 Å². The summed E-state index contributed by atoms with van der Waals surface area (Å²) >= 11 is 5.77. The van der Waals surface area contributed by atoms with Gasteiger partial charge in [-0.3, -0.25) is 0 Å². The maximum absolute atomic E-state index is 13.4. The first-order valence-corrected chi connectivity index (χ1v) is 5.20. The highest BCUT2D eigenvalue weighted by Gasteiger charge is 2.12. The predicted octanol–water partition coefficient (Wildman–Crippen LogP) is 2.95. The highest BCUT2D eigenvalue weighted by molar-refractivity contribution is 6.32. The van der Waals surface area contributed by atoms with Crippen molar-refractivity contribution < 1.29 is 13.9 Å². The van der Waals surface area contributed by atoms with Crippen LogP contribution in [0.4, 0.5) is 4.39 Å². The van der Waals surface area contributed by atoms with Gasteiger partial charge < -0.3 is 4.74 Å². The van der Waals surface area contributed by atoms with Crippen LogP contribution in [0.3, 0.4) is 0 Å². The van der Waals surface area contributed by atoms with Gasteiger partial charge in [0.05, 0.1) is 11.6 Å². The van der Waals surface area contributed by atoms with E-state index in [4.69, 9.17) is 16.9 Å². The van der Waals surface area contributed by atoms with Crippen molar-refractivity contribution in [2.45, 2.75) is 6.92 Å². The molecule has 0 bridgehead atoms. The summed E-state index contributed by atoms with van der Waals surface area (Å²) in [5.41, 5.74) is -0.294. The molecule has 0 atom stereocenters. The maximum Gasteiger partial charge on any atom is 0.348 e. The lowest BCUT2D eigenvalue weighted by atomic mass is 10.1. The maximum atomic E-state index is 13.4. The molecular formula is C12H9ClFNO2. The molecule has 0 fully saturated rings.